The van der Waals surface area contributed by atoms with Gasteiger partial charge in [-0.25, -0.2) is 4.79 Å². The van der Waals surface area contributed by atoms with Gasteiger partial charge in [-0.2, -0.15) is 8.42 Å². The van der Waals surface area contributed by atoms with E-state index in [2.05, 4.69) is 11.7 Å². The second kappa shape index (κ2) is 15.3. The third kappa shape index (κ3) is 16.9. The van der Waals surface area contributed by atoms with Crippen molar-refractivity contribution in [1.29, 1.82) is 0 Å². The number of hydrogen-bond donors (Lipinski definition) is 2. The first-order chi connectivity index (χ1) is 10.8. The van der Waals surface area contributed by atoms with Gasteiger partial charge in [0.1, 0.15) is 11.8 Å². The number of ether oxygens (including phenoxy) is 1. The average molecular weight is 375 g/mol. The van der Waals surface area contributed by atoms with E-state index in [0.717, 1.165) is 19.3 Å². The maximum atomic E-state index is 11.4. The van der Waals surface area contributed by atoms with Gasteiger partial charge in [0.05, 0.1) is 0 Å². The molecule has 7 nitrogen and oxygen atoms in total. The summed E-state index contributed by atoms with van der Waals surface area (Å²) < 4.78 is 34.2. The quantitative estimate of drug-likeness (QED) is 0.144. The topological polar surface area (TPSA) is 124 Å². The molecule has 0 amide bonds. The molecule has 0 heterocycles. The van der Waals surface area contributed by atoms with Crippen LogP contribution in [-0.4, -0.2) is 36.7 Å². The summed E-state index contributed by atoms with van der Waals surface area (Å²) in [6, 6.07) is -1.56. The zero-order chi connectivity index (χ0) is 17.7. The number of hydrogen-bond acceptors (Lipinski definition) is 6. The fraction of sp³-hybridized carbons (Fsp3) is 0.867. The van der Waals surface area contributed by atoms with Crippen LogP contribution in [0.1, 0.15) is 72.6 Å². The molecule has 24 heavy (non-hydrogen) atoms. The molecule has 0 aliphatic heterocycles. The standard InChI is InChI=1S/C15H29NO6S.Na.H/c1-2-3-4-5-6-7-8-9-10-11-14(17)22-15(18)13(16)12-23(19,20)21;;/h13H,2-12,16H2,1H3,(H,19,20,21);;/q;+1;-1/t13-;;/m1../s1. The van der Waals surface area contributed by atoms with Crippen LogP contribution in [0.4, 0.5) is 0 Å². The number of carbonyl (C=O) groups excluding carboxylic acids is 2. The van der Waals surface area contributed by atoms with Crippen molar-refractivity contribution >= 4 is 22.1 Å². The third-order valence-corrected chi connectivity index (χ3v) is 4.17. The smallest absolute Gasteiger partial charge is 1.00 e. The van der Waals surface area contributed by atoms with Crippen molar-refractivity contribution in [2.45, 2.75) is 77.2 Å². The Morgan fingerprint density at radius 1 is 1.04 bits per heavy atom. The normalized spacial score (nSPS) is 12.3. The van der Waals surface area contributed by atoms with E-state index in [1.165, 1.54) is 32.1 Å². The number of rotatable bonds is 13. The number of carbonyl (C=O) groups is 2. The molecule has 0 aliphatic carbocycles. The summed E-state index contributed by atoms with van der Waals surface area (Å²) in [5, 5.41) is 0. The molecule has 1 atom stereocenters. The second-order valence-corrected chi connectivity index (χ2v) is 7.22. The molecule has 0 fully saturated rings. The molecule has 0 aromatic rings. The van der Waals surface area contributed by atoms with Crippen molar-refractivity contribution in [3.63, 3.8) is 0 Å². The van der Waals surface area contributed by atoms with E-state index in [9.17, 15) is 18.0 Å². The summed E-state index contributed by atoms with van der Waals surface area (Å²) in [5.74, 6) is -2.82. The molecule has 3 N–H and O–H groups in total. The summed E-state index contributed by atoms with van der Waals surface area (Å²) in [6.45, 7) is 2.18. The van der Waals surface area contributed by atoms with Crippen molar-refractivity contribution in [3.8, 4) is 0 Å². The van der Waals surface area contributed by atoms with Crippen LogP contribution in [0.25, 0.3) is 0 Å². The maximum Gasteiger partial charge on any atom is 1.00 e. The summed E-state index contributed by atoms with van der Waals surface area (Å²) in [7, 11) is -4.38. The van der Waals surface area contributed by atoms with Crippen LogP contribution in [0.2, 0.25) is 0 Å². The molecule has 0 saturated carbocycles. The van der Waals surface area contributed by atoms with Gasteiger partial charge in [-0.3, -0.25) is 9.35 Å². The molecule has 0 radical (unpaired) electrons. The molecule has 0 aliphatic rings. The van der Waals surface area contributed by atoms with E-state index in [4.69, 9.17) is 10.3 Å². The van der Waals surface area contributed by atoms with Crippen molar-refractivity contribution in [3.05, 3.63) is 0 Å². The first-order valence-electron chi connectivity index (χ1n) is 8.21. The zero-order valence-corrected chi connectivity index (χ0v) is 17.6. The van der Waals surface area contributed by atoms with E-state index in [0.29, 0.717) is 6.42 Å². The zero-order valence-electron chi connectivity index (χ0n) is 15.8. The minimum Gasteiger partial charge on any atom is -1.00 e. The molecule has 138 valence electrons. The number of nitrogens with two attached hydrogens (primary N) is 1. The van der Waals surface area contributed by atoms with E-state index in [-0.39, 0.29) is 37.4 Å². The van der Waals surface area contributed by atoms with Crippen LogP contribution < -0.4 is 35.3 Å². The van der Waals surface area contributed by atoms with Crippen LogP contribution in [0.3, 0.4) is 0 Å². The van der Waals surface area contributed by atoms with E-state index in [1.807, 2.05) is 0 Å². The van der Waals surface area contributed by atoms with Gasteiger partial charge in [0.25, 0.3) is 10.1 Å². The van der Waals surface area contributed by atoms with Crippen LogP contribution in [0, 0.1) is 0 Å². The van der Waals surface area contributed by atoms with E-state index < -0.39 is 33.9 Å². The summed E-state index contributed by atoms with van der Waals surface area (Å²) in [6.07, 6.45) is 10.0. The Balaban J connectivity index is -0.00000242. The van der Waals surface area contributed by atoms with Crippen molar-refractivity contribution in [2.75, 3.05) is 5.75 Å². The summed E-state index contributed by atoms with van der Waals surface area (Å²) >= 11 is 0. The van der Waals surface area contributed by atoms with Gasteiger partial charge >= 0.3 is 41.5 Å². The predicted molar refractivity (Wildman–Crippen MR) is 88.4 cm³/mol. The van der Waals surface area contributed by atoms with Gasteiger partial charge in [-0.05, 0) is 6.42 Å². The van der Waals surface area contributed by atoms with Gasteiger partial charge in [0, 0.05) is 6.42 Å². The minimum atomic E-state index is -4.38. The number of unbranched alkanes of at least 4 members (excludes halogenated alkanes) is 8. The molecular formula is C15H30NNaO6S. The summed E-state index contributed by atoms with van der Waals surface area (Å²) in [4.78, 5) is 22.8. The Morgan fingerprint density at radius 2 is 1.50 bits per heavy atom. The molecule has 0 saturated heterocycles. The van der Waals surface area contributed by atoms with Gasteiger partial charge in [-0.1, -0.05) is 58.3 Å². The maximum absolute atomic E-state index is 11.4. The van der Waals surface area contributed by atoms with Crippen LogP contribution in [-0.2, 0) is 24.4 Å². The van der Waals surface area contributed by atoms with Crippen LogP contribution in [0.5, 0.6) is 0 Å². The van der Waals surface area contributed by atoms with E-state index >= 15 is 0 Å². The molecule has 0 bridgehead atoms. The summed E-state index contributed by atoms with van der Waals surface area (Å²) in [5.41, 5.74) is 5.23. The minimum absolute atomic E-state index is 0. The van der Waals surface area contributed by atoms with Gasteiger partial charge in [0.2, 0.25) is 0 Å². The SMILES string of the molecule is CCCCCCCCCCCC(=O)OC(=O)[C@H](N)CS(=O)(=O)O.[H-].[Na+]. The number of esters is 2. The first kappa shape index (κ1) is 26.2. The van der Waals surface area contributed by atoms with Gasteiger partial charge < -0.3 is 11.9 Å². The first-order valence-corrected chi connectivity index (χ1v) is 9.82. The Kier molecular flexibility index (Phi) is 16.7. The van der Waals surface area contributed by atoms with Crippen LogP contribution in [0.15, 0.2) is 0 Å². The Hall–Kier alpha value is 0.01000. The molecule has 0 rings (SSSR count). The van der Waals surface area contributed by atoms with E-state index in [1.54, 1.807) is 0 Å². The molecule has 0 unspecified atom stereocenters. The molecule has 0 aromatic carbocycles. The van der Waals surface area contributed by atoms with Gasteiger partial charge in [-0.15, -0.1) is 0 Å². The monoisotopic (exact) mass is 375 g/mol. The van der Waals surface area contributed by atoms with Gasteiger partial charge in [0.15, 0.2) is 0 Å². The molecule has 0 spiro atoms. The Bertz CT molecular complexity index is 461. The largest absolute Gasteiger partial charge is 1.00 e. The predicted octanol–water partition coefficient (Wildman–Crippen LogP) is -0.691. The fourth-order valence-electron chi connectivity index (χ4n) is 2.11. The third-order valence-electron chi connectivity index (χ3n) is 3.39. The average Bonchev–Trinajstić information content (AvgIpc) is 2.43. The Labute approximate surface area is 168 Å². The van der Waals surface area contributed by atoms with Crippen molar-refractivity contribution in [2.24, 2.45) is 5.73 Å². The fourth-order valence-corrected chi connectivity index (χ4v) is 2.70. The molecule has 9 heteroatoms. The van der Waals surface area contributed by atoms with Crippen LogP contribution >= 0.6 is 0 Å². The van der Waals surface area contributed by atoms with Crippen molar-refractivity contribution in [1.82, 2.24) is 0 Å². The van der Waals surface area contributed by atoms with Crippen molar-refractivity contribution < 1.29 is 58.3 Å². The Morgan fingerprint density at radius 3 is 1.96 bits per heavy atom. The molecular weight excluding hydrogens is 345 g/mol. The second-order valence-electron chi connectivity index (χ2n) is 5.73. The molecule has 0 aromatic heterocycles.